The van der Waals surface area contributed by atoms with Crippen molar-refractivity contribution in [2.24, 2.45) is 0 Å². The van der Waals surface area contributed by atoms with Gasteiger partial charge in [-0.2, -0.15) is 8.42 Å². The van der Waals surface area contributed by atoms with Gasteiger partial charge in [0, 0.05) is 0 Å². The highest BCUT2D eigenvalue weighted by Crippen LogP contribution is 2.40. The summed E-state index contributed by atoms with van der Waals surface area (Å²) in [4.78, 5) is 0.130. The van der Waals surface area contributed by atoms with Crippen LogP contribution in [0, 0.1) is 6.92 Å². The van der Waals surface area contributed by atoms with Crippen LogP contribution in [0.3, 0.4) is 0 Å². The minimum absolute atomic E-state index is 0.0593. The Morgan fingerprint density at radius 1 is 0.676 bits per heavy atom. The fourth-order valence-corrected chi connectivity index (χ4v) is 5.08. The first-order chi connectivity index (χ1) is 16.4. The Kier molecular flexibility index (Phi) is 7.27. The predicted molar refractivity (Wildman–Crippen MR) is 134 cm³/mol. The molecule has 1 atom stereocenters. The van der Waals surface area contributed by atoms with Gasteiger partial charge in [-0.3, -0.25) is 4.18 Å². The third-order valence-corrected chi connectivity index (χ3v) is 7.11. The number of aryl methyl sites for hydroxylation is 1. The lowest BCUT2D eigenvalue weighted by Crippen LogP contribution is -2.36. The standard InChI is InChI=1S/C29H28O4S/c1-23-18-20-28(21-19-23)34(30,31)33-24(2)22-32-29(25-12-6-3-7-13-25,26-14-8-4-9-15-26)27-16-10-5-11-17-27/h3-21,24H,22H2,1-2H3/t24-/m1/s1. The van der Waals surface area contributed by atoms with E-state index < -0.39 is 21.8 Å². The van der Waals surface area contributed by atoms with E-state index in [1.165, 1.54) is 0 Å². The van der Waals surface area contributed by atoms with Crippen molar-refractivity contribution in [3.8, 4) is 0 Å². The molecule has 0 aromatic heterocycles. The molecule has 0 fully saturated rings. The van der Waals surface area contributed by atoms with Crippen molar-refractivity contribution in [3.05, 3.63) is 138 Å². The number of rotatable bonds is 9. The number of hydrogen-bond acceptors (Lipinski definition) is 4. The van der Waals surface area contributed by atoms with Crippen molar-refractivity contribution in [1.29, 1.82) is 0 Å². The smallest absolute Gasteiger partial charge is 0.297 e. The lowest BCUT2D eigenvalue weighted by Gasteiger charge is -2.36. The van der Waals surface area contributed by atoms with Crippen LogP contribution in [0.1, 0.15) is 29.2 Å². The van der Waals surface area contributed by atoms with Gasteiger partial charge in [-0.15, -0.1) is 0 Å². The quantitative estimate of drug-likeness (QED) is 0.218. The van der Waals surface area contributed by atoms with Gasteiger partial charge in [0.25, 0.3) is 10.1 Å². The average Bonchev–Trinajstić information content (AvgIpc) is 2.86. The summed E-state index contributed by atoms with van der Waals surface area (Å²) in [6, 6.07) is 36.5. The maximum atomic E-state index is 12.8. The molecule has 0 amide bonds. The molecule has 4 aromatic carbocycles. The second kappa shape index (κ2) is 10.3. The van der Waals surface area contributed by atoms with E-state index in [1.807, 2.05) is 97.9 Å². The highest BCUT2D eigenvalue weighted by atomic mass is 32.2. The van der Waals surface area contributed by atoms with Crippen LogP contribution < -0.4 is 0 Å². The van der Waals surface area contributed by atoms with E-state index in [0.29, 0.717) is 0 Å². The molecule has 4 nitrogen and oxygen atoms in total. The SMILES string of the molecule is Cc1ccc(S(=O)(=O)O[C@H](C)COC(c2ccccc2)(c2ccccc2)c2ccccc2)cc1. The molecule has 4 rings (SSSR count). The Morgan fingerprint density at radius 2 is 1.09 bits per heavy atom. The Balaban J connectivity index is 1.68. The molecule has 0 heterocycles. The van der Waals surface area contributed by atoms with Crippen molar-refractivity contribution in [3.63, 3.8) is 0 Å². The molecular weight excluding hydrogens is 444 g/mol. The van der Waals surface area contributed by atoms with Crippen LogP contribution in [0.15, 0.2) is 120 Å². The Hall–Kier alpha value is -3.25. The van der Waals surface area contributed by atoms with E-state index in [9.17, 15) is 8.42 Å². The van der Waals surface area contributed by atoms with Crippen LogP contribution in [-0.4, -0.2) is 21.1 Å². The van der Waals surface area contributed by atoms with Crippen LogP contribution in [-0.2, 0) is 24.6 Å². The van der Waals surface area contributed by atoms with Crippen LogP contribution in [0.5, 0.6) is 0 Å². The Bertz CT molecular complexity index is 1190. The summed E-state index contributed by atoms with van der Waals surface area (Å²) in [6.07, 6.45) is -0.707. The van der Waals surface area contributed by atoms with E-state index in [2.05, 4.69) is 0 Å². The van der Waals surface area contributed by atoms with Gasteiger partial charge >= 0.3 is 0 Å². The first kappa shape index (κ1) is 23.9. The molecule has 5 heteroatoms. The normalized spacial score (nSPS) is 12.9. The highest BCUT2D eigenvalue weighted by Gasteiger charge is 2.38. The lowest BCUT2D eigenvalue weighted by atomic mass is 9.80. The molecule has 0 aliphatic heterocycles. The maximum absolute atomic E-state index is 12.8. The summed E-state index contributed by atoms with van der Waals surface area (Å²) in [5, 5.41) is 0. The van der Waals surface area contributed by atoms with Crippen LogP contribution in [0.2, 0.25) is 0 Å². The fraction of sp³-hybridized carbons (Fsp3) is 0.172. The zero-order valence-electron chi connectivity index (χ0n) is 19.3. The third-order valence-electron chi connectivity index (χ3n) is 5.68. The van der Waals surface area contributed by atoms with E-state index in [1.54, 1.807) is 31.2 Å². The van der Waals surface area contributed by atoms with Crippen LogP contribution in [0.4, 0.5) is 0 Å². The monoisotopic (exact) mass is 472 g/mol. The van der Waals surface area contributed by atoms with Crippen molar-refractivity contribution >= 4 is 10.1 Å². The molecule has 0 unspecified atom stereocenters. The highest BCUT2D eigenvalue weighted by molar-refractivity contribution is 7.86. The molecule has 0 spiro atoms. The maximum Gasteiger partial charge on any atom is 0.297 e. The van der Waals surface area contributed by atoms with Crippen molar-refractivity contribution < 1.29 is 17.3 Å². The summed E-state index contributed by atoms with van der Waals surface area (Å²) in [6.45, 7) is 3.67. The Labute approximate surface area is 201 Å². The first-order valence-electron chi connectivity index (χ1n) is 11.2. The molecule has 0 saturated carbocycles. The second-order valence-electron chi connectivity index (χ2n) is 8.26. The minimum atomic E-state index is -3.92. The summed E-state index contributed by atoms with van der Waals surface area (Å²) >= 11 is 0. The van der Waals surface area contributed by atoms with Gasteiger partial charge in [0.15, 0.2) is 0 Å². The zero-order chi connectivity index (χ0) is 24.0. The van der Waals surface area contributed by atoms with E-state index in [-0.39, 0.29) is 11.5 Å². The largest absolute Gasteiger partial charge is 0.358 e. The van der Waals surface area contributed by atoms with E-state index in [0.717, 1.165) is 22.3 Å². The predicted octanol–water partition coefficient (Wildman–Crippen LogP) is 6.10. The van der Waals surface area contributed by atoms with Crippen molar-refractivity contribution in [1.82, 2.24) is 0 Å². The molecule has 0 N–H and O–H groups in total. The summed E-state index contributed by atoms with van der Waals surface area (Å²) in [7, 11) is -3.92. The van der Waals surface area contributed by atoms with Gasteiger partial charge in [0.1, 0.15) is 5.60 Å². The molecule has 4 aromatic rings. The molecular formula is C29H28O4S. The van der Waals surface area contributed by atoms with Gasteiger partial charge in [0.2, 0.25) is 0 Å². The van der Waals surface area contributed by atoms with Gasteiger partial charge in [0.05, 0.1) is 17.6 Å². The molecule has 0 aliphatic rings. The molecule has 34 heavy (non-hydrogen) atoms. The summed E-state index contributed by atoms with van der Waals surface area (Å²) < 4.78 is 37.8. The average molecular weight is 473 g/mol. The van der Waals surface area contributed by atoms with Gasteiger partial charge in [-0.25, -0.2) is 0 Å². The molecule has 0 radical (unpaired) electrons. The van der Waals surface area contributed by atoms with Crippen molar-refractivity contribution in [2.45, 2.75) is 30.4 Å². The minimum Gasteiger partial charge on any atom is -0.358 e. The first-order valence-corrected chi connectivity index (χ1v) is 12.6. The third kappa shape index (κ3) is 5.12. The molecule has 0 aliphatic carbocycles. The van der Waals surface area contributed by atoms with Crippen molar-refractivity contribution in [2.75, 3.05) is 6.61 Å². The second-order valence-corrected chi connectivity index (χ2v) is 9.84. The fourth-order valence-electron chi connectivity index (χ4n) is 4.02. The van der Waals surface area contributed by atoms with Gasteiger partial charge < -0.3 is 4.74 Å². The lowest BCUT2D eigenvalue weighted by molar-refractivity contribution is -0.0242. The van der Waals surface area contributed by atoms with Gasteiger partial charge in [-0.05, 0) is 42.7 Å². The molecule has 0 saturated heterocycles. The van der Waals surface area contributed by atoms with Crippen LogP contribution >= 0.6 is 0 Å². The summed E-state index contributed by atoms with van der Waals surface area (Å²) in [5.74, 6) is 0. The molecule has 174 valence electrons. The number of ether oxygens (including phenoxy) is 1. The van der Waals surface area contributed by atoms with Crippen LogP contribution in [0.25, 0.3) is 0 Å². The summed E-state index contributed by atoms with van der Waals surface area (Å²) in [5.41, 5.74) is 2.88. The van der Waals surface area contributed by atoms with E-state index in [4.69, 9.17) is 8.92 Å². The number of hydrogen-bond donors (Lipinski definition) is 0. The Morgan fingerprint density at radius 3 is 1.50 bits per heavy atom. The molecule has 0 bridgehead atoms. The number of benzene rings is 4. The topological polar surface area (TPSA) is 52.6 Å². The van der Waals surface area contributed by atoms with E-state index >= 15 is 0 Å². The van der Waals surface area contributed by atoms with Gasteiger partial charge in [-0.1, -0.05) is 109 Å². The zero-order valence-corrected chi connectivity index (χ0v) is 20.1.